The summed E-state index contributed by atoms with van der Waals surface area (Å²) in [5.41, 5.74) is 3.02. The third-order valence-corrected chi connectivity index (χ3v) is 8.66. The van der Waals surface area contributed by atoms with Crippen molar-refractivity contribution in [3.63, 3.8) is 0 Å². The molecule has 0 bridgehead atoms. The average Bonchev–Trinajstić information content (AvgIpc) is 2.76. The molecule has 0 aliphatic carbocycles. The van der Waals surface area contributed by atoms with E-state index in [0.29, 0.717) is 15.0 Å². The Morgan fingerprint density at radius 2 is 1.85 bits per heavy atom. The molecule has 1 aromatic rings. The van der Waals surface area contributed by atoms with Gasteiger partial charge in [0, 0.05) is 0 Å². The molecule has 1 aromatic carbocycles. The van der Waals surface area contributed by atoms with E-state index in [1.165, 1.54) is 36.6 Å². The van der Waals surface area contributed by atoms with Gasteiger partial charge in [0.1, 0.15) is 0 Å². The van der Waals surface area contributed by atoms with Crippen LogP contribution in [0.1, 0.15) is 51.7 Å². The Kier molecular flexibility index (Phi) is 5.49. The van der Waals surface area contributed by atoms with Gasteiger partial charge in [-0.15, -0.1) is 0 Å². The number of hydrogen-bond acceptors (Lipinski definition) is 1. The Hall–Kier alpha value is -0.121. The molecule has 0 fully saturated rings. The Morgan fingerprint density at radius 3 is 2.45 bits per heavy atom. The van der Waals surface area contributed by atoms with Gasteiger partial charge in [0.05, 0.1) is 0 Å². The molecule has 0 saturated heterocycles. The summed E-state index contributed by atoms with van der Waals surface area (Å²) in [5.74, 6) is 0. The van der Waals surface area contributed by atoms with Crippen LogP contribution >= 0.6 is 22.6 Å². The number of benzene rings is 1. The van der Waals surface area contributed by atoms with E-state index < -0.39 is 0 Å². The second-order valence-corrected chi connectivity index (χ2v) is 9.26. The molecule has 20 heavy (non-hydrogen) atoms. The molecule has 2 rings (SSSR count). The van der Waals surface area contributed by atoms with Crippen LogP contribution in [0.2, 0.25) is 0 Å². The summed E-state index contributed by atoms with van der Waals surface area (Å²) in [6, 6.07) is 8.79. The van der Waals surface area contributed by atoms with Crippen molar-refractivity contribution in [3.05, 3.63) is 39.0 Å². The summed E-state index contributed by atoms with van der Waals surface area (Å²) in [4.78, 5) is 4.88. The zero-order valence-corrected chi connectivity index (χ0v) is 16.5. The number of allylic oxidation sites excluding steroid dienone is 1. The number of aliphatic imine (C=N–C) groups is 1. The van der Waals surface area contributed by atoms with Crippen LogP contribution in [0, 0.1) is 5.41 Å². The van der Waals surface area contributed by atoms with Gasteiger partial charge in [-0.1, -0.05) is 0 Å². The second-order valence-electron chi connectivity index (χ2n) is 6.08. The number of unbranched alkanes of at least 4 members (excludes halogenated alkanes) is 1. The first-order valence-corrected chi connectivity index (χ1v) is 9.96. The number of rotatable bonds is 3. The average molecular weight is 446 g/mol. The first-order valence-electron chi connectivity index (χ1n) is 7.17. The van der Waals surface area contributed by atoms with E-state index in [9.17, 15) is 0 Å². The van der Waals surface area contributed by atoms with E-state index in [1.807, 2.05) is 0 Å². The van der Waals surface area contributed by atoms with Gasteiger partial charge in [0.15, 0.2) is 0 Å². The second kappa shape index (κ2) is 6.76. The summed E-state index contributed by atoms with van der Waals surface area (Å²) >= 11 is 2.90. The molecular formula is C17H22INSe. The van der Waals surface area contributed by atoms with E-state index in [4.69, 9.17) is 4.99 Å². The van der Waals surface area contributed by atoms with Crippen molar-refractivity contribution >= 4 is 46.6 Å². The number of hydrogen-bond donors (Lipinski definition) is 0. The van der Waals surface area contributed by atoms with Crippen LogP contribution in [0.25, 0.3) is 4.47 Å². The first-order chi connectivity index (χ1) is 9.45. The summed E-state index contributed by atoms with van der Waals surface area (Å²) in [7, 11) is 0. The summed E-state index contributed by atoms with van der Waals surface area (Å²) < 4.78 is 4.37. The number of fused-ring (bicyclic) bond motifs is 1. The minimum atomic E-state index is 0.226. The fourth-order valence-electron chi connectivity index (χ4n) is 2.03. The van der Waals surface area contributed by atoms with Gasteiger partial charge in [-0.2, -0.15) is 0 Å². The zero-order chi connectivity index (χ0) is 14.8. The van der Waals surface area contributed by atoms with E-state index in [2.05, 4.69) is 74.6 Å². The molecule has 108 valence electrons. The van der Waals surface area contributed by atoms with Gasteiger partial charge >= 0.3 is 143 Å². The topological polar surface area (TPSA) is 12.4 Å². The fraction of sp³-hybridized carbons (Fsp3) is 0.471. The van der Waals surface area contributed by atoms with Crippen molar-refractivity contribution in [2.75, 3.05) is 6.54 Å². The molecule has 0 saturated carbocycles. The van der Waals surface area contributed by atoms with Crippen LogP contribution in [0.15, 0.2) is 32.8 Å². The molecule has 0 aromatic heterocycles. The van der Waals surface area contributed by atoms with E-state index >= 15 is 0 Å². The maximum atomic E-state index is 4.88. The van der Waals surface area contributed by atoms with Crippen molar-refractivity contribution in [3.8, 4) is 0 Å². The predicted octanol–water partition coefficient (Wildman–Crippen LogP) is 5.10. The summed E-state index contributed by atoms with van der Waals surface area (Å²) in [5, 5.41) is 0. The monoisotopic (exact) mass is 447 g/mol. The van der Waals surface area contributed by atoms with E-state index in [0.717, 1.165) is 6.54 Å². The predicted molar refractivity (Wildman–Crippen MR) is 98.9 cm³/mol. The Balaban J connectivity index is 2.44. The minimum absolute atomic E-state index is 0.226. The fourth-order valence-corrected chi connectivity index (χ4v) is 5.67. The van der Waals surface area contributed by atoms with Crippen LogP contribution in [0.4, 0.5) is 0 Å². The molecule has 0 unspecified atom stereocenters. The van der Waals surface area contributed by atoms with Crippen LogP contribution in [0.3, 0.4) is 0 Å². The molecule has 0 N–H and O–H groups in total. The normalized spacial score (nSPS) is 19.4. The van der Waals surface area contributed by atoms with Gasteiger partial charge in [-0.05, 0) is 0 Å². The van der Waals surface area contributed by atoms with Crippen molar-refractivity contribution in [1.82, 2.24) is 0 Å². The summed E-state index contributed by atoms with van der Waals surface area (Å²) in [6.07, 6.45) is 2.41. The van der Waals surface area contributed by atoms with Gasteiger partial charge < -0.3 is 0 Å². The maximum absolute atomic E-state index is 4.88. The van der Waals surface area contributed by atoms with E-state index in [1.54, 1.807) is 0 Å². The van der Waals surface area contributed by atoms with Crippen LogP contribution in [-0.4, -0.2) is 26.1 Å². The zero-order valence-electron chi connectivity index (χ0n) is 12.7. The van der Waals surface area contributed by atoms with Crippen LogP contribution < -0.4 is 0 Å². The number of halogens is 1. The van der Waals surface area contributed by atoms with Gasteiger partial charge in [-0.25, -0.2) is 0 Å². The van der Waals surface area contributed by atoms with Crippen molar-refractivity contribution in [1.29, 1.82) is 0 Å². The first kappa shape index (κ1) is 16.3. The van der Waals surface area contributed by atoms with Crippen LogP contribution in [0.5, 0.6) is 0 Å². The van der Waals surface area contributed by atoms with Crippen molar-refractivity contribution in [2.24, 2.45) is 10.4 Å². The molecule has 0 radical (unpaired) electrons. The molecule has 1 aliphatic heterocycles. The molecule has 0 spiro atoms. The van der Waals surface area contributed by atoms with Gasteiger partial charge in [-0.3, -0.25) is 0 Å². The molecule has 0 amide bonds. The van der Waals surface area contributed by atoms with Crippen molar-refractivity contribution < 1.29 is 0 Å². The quantitative estimate of drug-likeness (QED) is 0.348. The number of nitrogens with zero attached hydrogens (tertiary/aromatic N) is 1. The Morgan fingerprint density at radius 1 is 1.20 bits per heavy atom. The van der Waals surface area contributed by atoms with Crippen LogP contribution in [-0.2, 0) is 0 Å². The SMILES string of the molecule is CCCCN=C1[Se]/C(=C(\I)C(C)(C)C)c2ccccc21. The third-order valence-electron chi connectivity index (χ3n) is 3.23. The third kappa shape index (κ3) is 3.55. The summed E-state index contributed by atoms with van der Waals surface area (Å²) in [6.45, 7) is 10.1. The van der Waals surface area contributed by atoms with Gasteiger partial charge in [0.2, 0.25) is 0 Å². The molecular weight excluding hydrogens is 424 g/mol. The van der Waals surface area contributed by atoms with Gasteiger partial charge in [0.25, 0.3) is 0 Å². The molecule has 0 atom stereocenters. The molecule has 1 aliphatic rings. The Bertz CT molecular complexity index is 552. The molecule has 3 heteroatoms. The molecule has 1 nitrogen and oxygen atoms in total. The standard InChI is InChI=1S/C17H22INSe/c1-5-6-11-19-16-13-10-8-7-9-12(13)14(20-16)15(18)17(2,3)4/h7-10H,5-6,11H2,1-4H3/b15-14-,19-16?. The van der Waals surface area contributed by atoms with E-state index in [-0.39, 0.29) is 5.41 Å². The Labute approximate surface area is 142 Å². The van der Waals surface area contributed by atoms with Crippen molar-refractivity contribution in [2.45, 2.75) is 40.5 Å². The molecule has 1 heterocycles.